The maximum Gasteiger partial charge on any atom is 0.251 e. The van der Waals surface area contributed by atoms with Crippen LogP contribution in [0, 0.1) is 6.92 Å². The average Bonchev–Trinajstić information content (AvgIpc) is 2.46. The number of rotatable bonds is 5. The highest BCUT2D eigenvalue weighted by atomic mass is 32.2. The van der Waals surface area contributed by atoms with Gasteiger partial charge < -0.3 is 15.0 Å². The van der Waals surface area contributed by atoms with E-state index in [4.69, 9.17) is 4.74 Å². The van der Waals surface area contributed by atoms with Crippen molar-refractivity contribution in [3.63, 3.8) is 0 Å². The molecule has 0 radical (unpaired) electrons. The summed E-state index contributed by atoms with van der Waals surface area (Å²) in [5.74, 6) is 0.557. The third-order valence-corrected chi connectivity index (χ3v) is 3.85. The zero-order valence-corrected chi connectivity index (χ0v) is 13.4. The number of H-pyrrole nitrogens is 1. The molecule has 0 saturated carbocycles. The predicted molar refractivity (Wildman–Crippen MR) is 86.5 cm³/mol. The number of aryl methyl sites for hydroxylation is 1. The van der Waals surface area contributed by atoms with Crippen LogP contribution in [-0.4, -0.2) is 28.2 Å². The highest BCUT2D eigenvalue weighted by molar-refractivity contribution is 8.00. The molecule has 1 aromatic carbocycles. The van der Waals surface area contributed by atoms with Gasteiger partial charge in [-0.2, -0.15) is 0 Å². The molecule has 7 heteroatoms. The Hall–Kier alpha value is -2.28. The number of ether oxygens (including phenoxy) is 1. The molecule has 6 nitrogen and oxygen atoms in total. The fourth-order valence-corrected chi connectivity index (χ4v) is 2.60. The van der Waals surface area contributed by atoms with Gasteiger partial charge in [-0.1, -0.05) is 11.8 Å². The first-order valence-corrected chi connectivity index (χ1v) is 7.55. The fourth-order valence-electron chi connectivity index (χ4n) is 1.75. The summed E-state index contributed by atoms with van der Waals surface area (Å²) in [5, 5.41) is 2.84. The van der Waals surface area contributed by atoms with Crippen LogP contribution in [0.1, 0.15) is 12.6 Å². The van der Waals surface area contributed by atoms with Crippen molar-refractivity contribution in [2.45, 2.75) is 24.3 Å². The van der Waals surface area contributed by atoms with Crippen LogP contribution in [0.15, 0.2) is 40.3 Å². The van der Waals surface area contributed by atoms with E-state index in [1.165, 1.54) is 17.8 Å². The van der Waals surface area contributed by atoms with Crippen molar-refractivity contribution in [1.82, 2.24) is 9.97 Å². The van der Waals surface area contributed by atoms with E-state index in [0.29, 0.717) is 16.5 Å². The fraction of sp³-hybridized carbons (Fsp3) is 0.267. The number of amides is 1. The van der Waals surface area contributed by atoms with Crippen molar-refractivity contribution in [3.8, 4) is 5.75 Å². The lowest BCUT2D eigenvalue weighted by molar-refractivity contribution is -0.115. The molecule has 2 rings (SSSR count). The number of methoxy groups -OCH3 is 1. The third kappa shape index (κ3) is 4.36. The number of nitrogens with one attached hydrogen (secondary N) is 2. The Morgan fingerprint density at radius 3 is 2.64 bits per heavy atom. The number of carbonyl (C=O) groups excluding carboxylic acids is 1. The van der Waals surface area contributed by atoms with Gasteiger partial charge in [0.2, 0.25) is 5.91 Å². The van der Waals surface area contributed by atoms with E-state index in [-0.39, 0.29) is 11.5 Å². The summed E-state index contributed by atoms with van der Waals surface area (Å²) >= 11 is 1.20. The Bertz CT molecular complexity index is 713. The molecule has 0 fully saturated rings. The van der Waals surface area contributed by atoms with Crippen LogP contribution >= 0.6 is 11.8 Å². The van der Waals surface area contributed by atoms with Crippen molar-refractivity contribution in [2.75, 3.05) is 12.4 Å². The van der Waals surface area contributed by atoms with E-state index in [1.807, 2.05) is 0 Å². The molecule has 2 aromatic rings. The molecular weight excluding hydrogens is 302 g/mol. The number of nitrogens with zero attached hydrogens (tertiary/aromatic N) is 1. The molecule has 0 spiro atoms. The van der Waals surface area contributed by atoms with Gasteiger partial charge in [0, 0.05) is 17.4 Å². The van der Waals surface area contributed by atoms with Crippen molar-refractivity contribution < 1.29 is 9.53 Å². The van der Waals surface area contributed by atoms with E-state index < -0.39 is 5.25 Å². The summed E-state index contributed by atoms with van der Waals surface area (Å²) in [7, 11) is 1.59. The zero-order chi connectivity index (χ0) is 16.1. The molecule has 1 aromatic heterocycles. The Morgan fingerprint density at radius 1 is 1.36 bits per heavy atom. The van der Waals surface area contributed by atoms with E-state index in [1.54, 1.807) is 45.2 Å². The van der Waals surface area contributed by atoms with Crippen molar-refractivity contribution in [3.05, 3.63) is 46.4 Å². The van der Waals surface area contributed by atoms with Gasteiger partial charge in [0.05, 0.1) is 12.4 Å². The number of aromatic nitrogens is 2. The molecule has 0 aliphatic carbocycles. The minimum atomic E-state index is -0.396. The summed E-state index contributed by atoms with van der Waals surface area (Å²) in [5.41, 5.74) is 1.08. The first-order chi connectivity index (χ1) is 10.5. The minimum Gasteiger partial charge on any atom is -0.497 e. The SMILES string of the molecule is COc1ccc(NC(=O)[C@@H](C)Sc2nc(C)cc(=O)[nH]2)cc1. The number of thioether (sulfide) groups is 1. The van der Waals surface area contributed by atoms with E-state index in [0.717, 1.165) is 5.75 Å². The number of carbonyl (C=O) groups is 1. The molecular formula is C15H17N3O3S. The van der Waals surface area contributed by atoms with Gasteiger partial charge in [0.25, 0.3) is 5.56 Å². The predicted octanol–water partition coefficient (Wildman–Crippen LogP) is 2.21. The Labute approximate surface area is 132 Å². The molecule has 0 saturated heterocycles. The maximum absolute atomic E-state index is 12.2. The molecule has 22 heavy (non-hydrogen) atoms. The molecule has 0 bridgehead atoms. The normalized spacial score (nSPS) is 11.8. The van der Waals surface area contributed by atoms with Crippen LogP contribution in [0.25, 0.3) is 0 Å². The van der Waals surface area contributed by atoms with Crippen LogP contribution in [0.4, 0.5) is 5.69 Å². The van der Waals surface area contributed by atoms with Gasteiger partial charge in [-0.25, -0.2) is 4.98 Å². The number of hydrogen-bond donors (Lipinski definition) is 2. The molecule has 1 amide bonds. The van der Waals surface area contributed by atoms with Crippen LogP contribution in [0.2, 0.25) is 0 Å². The summed E-state index contributed by atoms with van der Waals surface area (Å²) in [6.07, 6.45) is 0. The zero-order valence-electron chi connectivity index (χ0n) is 12.5. The summed E-state index contributed by atoms with van der Waals surface area (Å²) in [4.78, 5) is 30.4. The average molecular weight is 319 g/mol. The Kier molecular flexibility index (Phi) is 5.21. The molecule has 0 aliphatic heterocycles. The van der Waals surface area contributed by atoms with Crippen molar-refractivity contribution >= 4 is 23.4 Å². The van der Waals surface area contributed by atoms with Crippen LogP contribution < -0.4 is 15.6 Å². The molecule has 1 heterocycles. The van der Waals surface area contributed by atoms with Gasteiger partial charge >= 0.3 is 0 Å². The second-order valence-corrected chi connectivity index (χ2v) is 6.00. The summed E-state index contributed by atoms with van der Waals surface area (Å²) in [6.45, 7) is 3.49. The first-order valence-electron chi connectivity index (χ1n) is 6.67. The largest absolute Gasteiger partial charge is 0.497 e. The molecule has 0 unspecified atom stereocenters. The van der Waals surface area contributed by atoms with Crippen LogP contribution in [0.3, 0.4) is 0 Å². The summed E-state index contributed by atoms with van der Waals surface area (Å²) < 4.78 is 5.06. The van der Waals surface area contributed by atoms with Gasteiger partial charge in [-0.3, -0.25) is 9.59 Å². The first kappa shape index (κ1) is 16.1. The van der Waals surface area contributed by atoms with Crippen LogP contribution in [0.5, 0.6) is 5.75 Å². The Morgan fingerprint density at radius 2 is 2.05 bits per heavy atom. The van der Waals surface area contributed by atoms with E-state index in [9.17, 15) is 9.59 Å². The second kappa shape index (κ2) is 7.13. The minimum absolute atomic E-state index is 0.167. The lowest BCUT2D eigenvalue weighted by atomic mass is 10.3. The molecule has 2 N–H and O–H groups in total. The number of hydrogen-bond acceptors (Lipinski definition) is 5. The van der Waals surface area contributed by atoms with Crippen LogP contribution in [-0.2, 0) is 4.79 Å². The number of benzene rings is 1. The highest BCUT2D eigenvalue weighted by Gasteiger charge is 2.16. The molecule has 1 atom stereocenters. The molecule has 0 aliphatic rings. The monoisotopic (exact) mass is 319 g/mol. The lowest BCUT2D eigenvalue weighted by Crippen LogP contribution is -2.23. The molecule has 116 valence electrons. The number of anilines is 1. The van der Waals surface area contributed by atoms with E-state index >= 15 is 0 Å². The van der Waals surface area contributed by atoms with Crippen molar-refractivity contribution in [1.29, 1.82) is 0 Å². The van der Waals surface area contributed by atoms with Gasteiger partial charge in [-0.15, -0.1) is 0 Å². The Balaban J connectivity index is 2.00. The van der Waals surface area contributed by atoms with Gasteiger partial charge in [-0.05, 0) is 38.1 Å². The third-order valence-electron chi connectivity index (χ3n) is 2.86. The van der Waals surface area contributed by atoms with Gasteiger partial charge in [0.15, 0.2) is 5.16 Å². The topological polar surface area (TPSA) is 84.1 Å². The second-order valence-electron chi connectivity index (χ2n) is 4.67. The highest BCUT2D eigenvalue weighted by Crippen LogP contribution is 2.21. The quantitative estimate of drug-likeness (QED) is 0.652. The number of aromatic amines is 1. The van der Waals surface area contributed by atoms with Crippen molar-refractivity contribution in [2.24, 2.45) is 0 Å². The standard InChI is InChI=1S/C15H17N3O3S/c1-9-8-13(19)18-15(16-9)22-10(2)14(20)17-11-4-6-12(21-3)7-5-11/h4-8,10H,1-3H3,(H,17,20)(H,16,18,19)/t10-/m1/s1. The lowest BCUT2D eigenvalue weighted by Gasteiger charge is -2.11. The maximum atomic E-state index is 12.2. The van der Waals surface area contributed by atoms with Gasteiger partial charge in [0.1, 0.15) is 5.75 Å². The smallest absolute Gasteiger partial charge is 0.251 e. The summed E-state index contributed by atoms with van der Waals surface area (Å²) in [6, 6.07) is 8.48. The van der Waals surface area contributed by atoms with E-state index in [2.05, 4.69) is 15.3 Å².